The molecule has 1 aromatic heterocycles. The van der Waals surface area contributed by atoms with Crippen molar-refractivity contribution in [2.24, 2.45) is 0 Å². The molecule has 3 rings (SSSR count). The van der Waals surface area contributed by atoms with Crippen molar-refractivity contribution in [1.29, 1.82) is 0 Å². The van der Waals surface area contributed by atoms with Crippen molar-refractivity contribution in [3.8, 4) is 5.88 Å². The summed E-state index contributed by atoms with van der Waals surface area (Å²) in [5.41, 5.74) is 1.52. The van der Waals surface area contributed by atoms with Gasteiger partial charge in [-0.2, -0.15) is 13.2 Å². The predicted molar refractivity (Wildman–Crippen MR) is 84.1 cm³/mol. The van der Waals surface area contributed by atoms with Gasteiger partial charge in [0.25, 0.3) is 0 Å². The summed E-state index contributed by atoms with van der Waals surface area (Å²) in [6.07, 6.45) is -2.25. The van der Waals surface area contributed by atoms with Crippen LogP contribution in [0.3, 0.4) is 0 Å². The van der Waals surface area contributed by atoms with Crippen molar-refractivity contribution in [2.75, 3.05) is 13.7 Å². The van der Waals surface area contributed by atoms with Crippen molar-refractivity contribution in [1.82, 2.24) is 14.7 Å². The summed E-state index contributed by atoms with van der Waals surface area (Å²) in [5, 5.41) is 4.30. The zero-order chi connectivity index (χ0) is 18.0. The Balaban J connectivity index is 1.87. The maximum Gasteiger partial charge on any atom is 0.471 e. The Morgan fingerprint density at radius 3 is 2.68 bits per heavy atom. The smallest absolute Gasteiger partial charge is 0.471 e. The number of amides is 1. The molecule has 0 saturated carbocycles. The number of likely N-dealkylation sites (tertiary alicyclic amines) is 1. The molecule has 0 bridgehead atoms. The van der Waals surface area contributed by atoms with E-state index in [0.29, 0.717) is 24.9 Å². The van der Waals surface area contributed by atoms with Crippen LogP contribution in [0.2, 0.25) is 0 Å². The third kappa shape index (κ3) is 3.62. The molecule has 2 aromatic rings. The third-order valence-electron chi connectivity index (χ3n) is 4.25. The Labute approximate surface area is 143 Å². The molecule has 134 valence electrons. The highest BCUT2D eigenvalue weighted by Crippen LogP contribution is 2.38. The lowest BCUT2D eigenvalue weighted by Gasteiger charge is -2.25. The number of halogens is 3. The third-order valence-corrected chi connectivity index (χ3v) is 4.25. The van der Waals surface area contributed by atoms with E-state index in [9.17, 15) is 18.0 Å². The number of carbonyl (C=O) groups is 1. The second-order valence-electron chi connectivity index (χ2n) is 5.93. The predicted octanol–water partition coefficient (Wildman–Crippen LogP) is 3.17. The minimum atomic E-state index is -4.88. The first kappa shape index (κ1) is 17.3. The molecular weight excluding hydrogens is 335 g/mol. The highest BCUT2D eigenvalue weighted by Gasteiger charge is 2.47. The van der Waals surface area contributed by atoms with E-state index in [1.807, 2.05) is 30.3 Å². The van der Waals surface area contributed by atoms with Crippen LogP contribution in [-0.2, 0) is 11.3 Å². The first-order chi connectivity index (χ1) is 11.9. The number of methoxy groups -OCH3 is 1. The highest BCUT2D eigenvalue weighted by molar-refractivity contribution is 5.82. The van der Waals surface area contributed by atoms with Crippen molar-refractivity contribution in [3.05, 3.63) is 47.7 Å². The van der Waals surface area contributed by atoms with Crippen LogP contribution in [-0.4, -0.2) is 40.4 Å². The Hall–Kier alpha value is -2.51. The zero-order valence-corrected chi connectivity index (χ0v) is 13.7. The molecule has 1 aromatic carbocycles. The average Bonchev–Trinajstić information content (AvgIpc) is 3.20. The number of hydrogen-bond donors (Lipinski definition) is 0. The van der Waals surface area contributed by atoms with Crippen LogP contribution < -0.4 is 4.74 Å². The lowest BCUT2D eigenvalue weighted by Crippen LogP contribution is -2.40. The Bertz CT molecular complexity index is 743. The van der Waals surface area contributed by atoms with Gasteiger partial charge in [-0.3, -0.25) is 9.48 Å². The molecule has 0 spiro atoms. The van der Waals surface area contributed by atoms with Crippen LogP contribution in [0.4, 0.5) is 13.2 Å². The van der Waals surface area contributed by atoms with E-state index >= 15 is 0 Å². The largest absolute Gasteiger partial charge is 0.480 e. The van der Waals surface area contributed by atoms with E-state index in [1.165, 1.54) is 7.11 Å². The van der Waals surface area contributed by atoms with Crippen LogP contribution >= 0.6 is 0 Å². The second kappa shape index (κ2) is 6.78. The van der Waals surface area contributed by atoms with Gasteiger partial charge in [0.2, 0.25) is 5.88 Å². The molecule has 1 fully saturated rings. The average molecular weight is 353 g/mol. The molecule has 1 atom stereocenters. The monoisotopic (exact) mass is 353 g/mol. The summed E-state index contributed by atoms with van der Waals surface area (Å²) >= 11 is 0. The van der Waals surface area contributed by atoms with Gasteiger partial charge in [0.05, 0.1) is 25.3 Å². The lowest BCUT2D eigenvalue weighted by molar-refractivity contribution is -0.186. The van der Waals surface area contributed by atoms with Gasteiger partial charge < -0.3 is 9.64 Å². The SMILES string of the molecule is COc1nn(Cc2ccccc2)cc1C1CCCN1C(=O)C(F)(F)F. The van der Waals surface area contributed by atoms with E-state index in [-0.39, 0.29) is 12.4 Å². The number of rotatable bonds is 4. The molecular formula is C17H18F3N3O2. The first-order valence-electron chi connectivity index (χ1n) is 7.93. The summed E-state index contributed by atoms with van der Waals surface area (Å²) < 4.78 is 45.3. The maximum atomic E-state index is 12.8. The lowest BCUT2D eigenvalue weighted by atomic mass is 10.1. The van der Waals surface area contributed by atoms with E-state index < -0.39 is 18.1 Å². The number of ether oxygens (including phenoxy) is 1. The fourth-order valence-electron chi connectivity index (χ4n) is 3.15. The van der Waals surface area contributed by atoms with Crippen LogP contribution in [0.5, 0.6) is 5.88 Å². The van der Waals surface area contributed by atoms with Crippen molar-refractivity contribution in [2.45, 2.75) is 31.6 Å². The van der Waals surface area contributed by atoms with Crippen LogP contribution in [0, 0.1) is 0 Å². The molecule has 1 saturated heterocycles. The molecule has 1 aliphatic rings. The van der Waals surface area contributed by atoms with Crippen LogP contribution in [0.1, 0.15) is 30.0 Å². The van der Waals surface area contributed by atoms with Gasteiger partial charge in [0.15, 0.2) is 0 Å². The number of nitrogens with zero attached hydrogens (tertiary/aromatic N) is 3. The topological polar surface area (TPSA) is 47.4 Å². The van der Waals surface area contributed by atoms with E-state index in [0.717, 1.165) is 10.5 Å². The Morgan fingerprint density at radius 1 is 1.32 bits per heavy atom. The van der Waals surface area contributed by atoms with Gasteiger partial charge in [0, 0.05) is 12.7 Å². The molecule has 1 amide bonds. The van der Waals surface area contributed by atoms with E-state index in [1.54, 1.807) is 10.9 Å². The fourth-order valence-corrected chi connectivity index (χ4v) is 3.15. The molecule has 8 heteroatoms. The van der Waals surface area contributed by atoms with Gasteiger partial charge in [0.1, 0.15) is 0 Å². The molecule has 5 nitrogen and oxygen atoms in total. The molecule has 1 aliphatic heterocycles. The first-order valence-corrected chi connectivity index (χ1v) is 7.93. The number of hydrogen-bond acceptors (Lipinski definition) is 3. The number of alkyl halides is 3. The number of aromatic nitrogens is 2. The van der Waals surface area contributed by atoms with Crippen LogP contribution in [0.25, 0.3) is 0 Å². The zero-order valence-electron chi connectivity index (χ0n) is 13.7. The quantitative estimate of drug-likeness (QED) is 0.848. The van der Waals surface area contributed by atoms with Crippen molar-refractivity contribution >= 4 is 5.91 Å². The van der Waals surface area contributed by atoms with Crippen molar-refractivity contribution in [3.63, 3.8) is 0 Å². The molecule has 0 radical (unpaired) electrons. The van der Waals surface area contributed by atoms with Gasteiger partial charge in [-0.1, -0.05) is 30.3 Å². The minimum absolute atomic E-state index is 0.0794. The van der Waals surface area contributed by atoms with E-state index in [2.05, 4.69) is 5.10 Å². The number of carbonyl (C=O) groups excluding carboxylic acids is 1. The summed E-state index contributed by atoms with van der Waals surface area (Å²) in [7, 11) is 1.42. The van der Waals surface area contributed by atoms with Crippen LogP contribution in [0.15, 0.2) is 36.5 Å². The standard InChI is InChI=1S/C17H18F3N3O2/c1-25-15-13(11-22(21-15)10-12-6-3-2-4-7-12)14-8-5-9-23(14)16(24)17(18,19)20/h2-4,6-7,11,14H,5,8-10H2,1H3. The van der Waals surface area contributed by atoms with Gasteiger partial charge >= 0.3 is 12.1 Å². The summed E-state index contributed by atoms with van der Waals surface area (Å²) in [6.45, 7) is 0.549. The summed E-state index contributed by atoms with van der Waals surface area (Å²) in [5.74, 6) is -1.56. The second-order valence-corrected chi connectivity index (χ2v) is 5.93. The fraction of sp³-hybridized carbons (Fsp3) is 0.412. The Morgan fingerprint density at radius 2 is 2.04 bits per heavy atom. The van der Waals surface area contributed by atoms with Gasteiger partial charge in [-0.15, -0.1) is 5.10 Å². The molecule has 2 heterocycles. The van der Waals surface area contributed by atoms with Gasteiger partial charge in [-0.25, -0.2) is 0 Å². The van der Waals surface area contributed by atoms with Crippen molar-refractivity contribution < 1.29 is 22.7 Å². The summed E-state index contributed by atoms with van der Waals surface area (Å²) in [6, 6.07) is 8.90. The van der Waals surface area contributed by atoms with E-state index in [4.69, 9.17) is 4.74 Å². The van der Waals surface area contributed by atoms with Gasteiger partial charge in [-0.05, 0) is 18.4 Å². The summed E-state index contributed by atoms with van der Waals surface area (Å²) in [4.78, 5) is 12.5. The molecule has 0 N–H and O–H groups in total. The Kier molecular flexibility index (Phi) is 4.69. The molecule has 0 aliphatic carbocycles. The number of benzene rings is 1. The maximum absolute atomic E-state index is 12.8. The molecule has 25 heavy (non-hydrogen) atoms. The molecule has 1 unspecified atom stereocenters. The highest BCUT2D eigenvalue weighted by atomic mass is 19.4. The minimum Gasteiger partial charge on any atom is -0.480 e. The normalized spacial score (nSPS) is 17.8.